The van der Waals surface area contributed by atoms with E-state index in [0.717, 1.165) is 41.7 Å². The van der Waals surface area contributed by atoms with Gasteiger partial charge in [0.2, 0.25) is 0 Å². The molecule has 156 valence electrons. The van der Waals surface area contributed by atoms with Crippen molar-refractivity contribution in [3.05, 3.63) is 62.7 Å². The maximum Gasteiger partial charge on any atom is 0.276 e. The molecule has 2 heterocycles. The number of nitrogens with two attached hydrogens (primary N) is 1. The molecular formula is C21H21ClN4O3S. The summed E-state index contributed by atoms with van der Waals surface area (Å²) in [5, 5.41) is 8.07. The molecule has 1 aromatic carbocycles. The monoisotopic (exact) mass is 444 g/mol. The molecule has 0 spiro atoms. The highest BCUT2D eigenvalue weighted by Crippen LogP contribution is 2.38. The van der Waals surface area contributed by atoms with E-state index in [-0.39, 0.29) is 12.4 Å². The van der Waals surface area contributed by atoms with Crippen LogP contribution in [0.2, 0.25) is 5.02 Å². The number of anilines is 1. The summed E-state index contributed by atoms with van der Waals surface area (Å²) < 4.78 is 7.20. The normalized spacial score (nSPS) is 13.0. The minimum atomic E-state index is -0.515. The molecule has 0 bridgehead atoms. The molecule has 1 aliphatic carbocycles. The molecule has 2 amide bonds. The molecular weight excluding hydrogens is 424 g/mol. The van der Waals surface area contributed by atoms with Gasteiger partial charge in [0.15, 0.2) is 12.4 Å². The van der Waals surface area contributed by atoms with Crippen molar-refractivity contribution in [3.8, 4) is 5.75 Å². The Balaban J connectivity index is 1.47. The Morgan fingerprint density at radius 1 is 1.30 bits per heavy atom. The van der Waals surface area contributed by atoms with Gasteiger partial charge in [0, 0.05) is 11.1 Å². The lowest BCUT2D eigenvalue weighted by Gasteiger charge is -2.11. The van der Waals surface area contributed by atoms with E-state index < -0.39 is 11.8 Å². The van der Waals surface area contributed by atoms with Gasteiger partial charge < -0.3 is 15.8 Å². The highest BCUT2D eigenvalue weighted by atomic mass is 35.5. The van der Waals surface area contributed by atoms with E-state index in [0.29, 0.717) is 21.3 Å². The molecule has 0 saturated carbocycles. The topological polar surface area (TPSA) is 99.2 Å². The number of primary amides is 1. The summed E-state index contributed by atoms with van der Waals surface area (Å²) >= 11 is 7.56. The number of ether oxygens (including phenoxy) is 1. The molecule has 3 aromatic rings. The first-order valence-corrected chi connectivity index (χ1v) is 10.8. The van der Waals surface area contributed by atoms with Crippen LogP contribution in [0.1, 0.15) is 49.7 Å². The number of aromatic nitrogens is 2. The van der Waals surface area contributed by atoms with Crippen LogP contribution in [0.3, 0.4) is 0 Å². The third kappa shape index (κ3) is 4.20. The number of hydrogen-bond acceptors (Lipinski definition) is 5. The lowest BCUT2D eigenvalue weighted by Crippen LogP contribution is -2.19. The van der Waals surface area contributed by atoms with E-state index in [1.54, 1.807) is 18.3 Å². The summed E-state index contributed by atoms with van der Waals surface area (Å²) in [6.07, 6.45) is 5.46. The van der Waals surface area contributed by atoms with Crippen LogP contribution in [0.4, 0.5) is 5.00 Å². The molecule has 2 aromatic heterocycles. The van der Waals surface area contributed by atoms with Gasteiger partial charge >= 0.3 is 0 Å². The molecule has 3 N–H and O–H groups in total. The fraction of sp³-hybridized carbons (Fsp3) is 0.286. The van der Waals surface area contributed by atoms with E-state index in [9.17, 15) is 9.59 Å². The van der Waals surface area contributed by atoms with Gasteiger partial charge in [-0.25, -0.2) is 4.68 Å². The van der Waals surface area contributed by atoms with Crippen molar-refractivity contribution in [3.63, 3.8) is 0 Å². The predicted molar refractivity (Wildman–Crippen MR) is 116 cm³/mol. The van der Waals surface area contributed by atoms with E-state index in [1.807, 2.05) is 19.1 Å². The highest BCUT2D eigenvalue weighted by Gasteiger charge is 2.25. The van der Waals surface area contributed by atoms with Crippen LogP contribution < -0.4 is 15.8 Å². The van der Waals surface area contributed by atoms with E-state index in [4.69, 9.17) is 22.1 Å². The number of rotatable bonds is 6. The summed E-state index contributed by atoms with van der Waals surface area (Å²) in [4.78, 5) is 25.8. The molecule has 0 atom stereocenters. The molecule has 7 nitrogen and oxygen atoms in total. The molecule has 0 fully saturated rings. The van der Waals surface area contributed by atoms with E-state index in [1.165, 1.54) is 16.0 Å². The molecule has 0 aliphatic heterocycles. The van der Waals surface area contributed by atoms with E-state index >= 15 is 0 Å². The van der Waals surface area contributed by atoms with Gasteiger partial charge in [0.25, 0.3) is 11.8 Å². The van der Waals surface area contributed by atoms with Crippen molar-refractivity contribution in [1.82, 2.24) is 9.78 Å². The maximum atomic E-state index is 12.7. The van der Waals surface area contributed by atoms with Crippen LogP contribution in [0.15, 0.2) is 30.5 Å². The first-order valence-electron chi connectivity index (χ1n) is 9.60. The fourth-order valence-electron chi connectivity index (χ4n) is 3.49. The summed E-state index contributed by atoms with van der Waals surface area (Å²) in [5.74, 6) is -0.365. The van der Waals surface area contributed by atoms with Gasteiger partial charge in [0.1, 0.15) is 10.8 Å². The number of carbonyl (C=O) groups is 2. The van der Waals surface area contributed by atoms with Crippen LogP contribution in [0, 0.1) is 6.92 Å². The number of carbonyl (C=O) groups excluding carboxylic acids is 2. The van der Waals surface area contributed by atoms with Crippen LogP contribution in [0.25, 0.3) is 0 Å². The number of benzene rings is 1. The quantitative estimate of drug-likeness (QED) is 0.595. The largest absolute Gasteiger partial charge is 0.470 e. The van der Waals surface area contributed by atoms with Crippen LogP contribution >= 0.6 is 22.9 Å². The molecule has 4 rings (SSSR count). The highest BCUT2D eigenvalue weighted by molar-refractivity contribution is 7.17. The first kappa shape index (κ1) is 20.4. The molecule has 0 unspecified atom stereocenters. The number of halogens is 1. The third-order valence-corrected chi connectivity index (χ3v) is 6.48. The maximum absolute atomic E-state index is 12.7. The summed E-state index contributed by atoms with van der Waals surface area (Å²) in [6.45, 7) is 2.05. The smallest absolute Gasteiger partial charge is 0.276 e. The predicted octanol–water partition coefficient (Wildman–Crippen LogP) is 4.17. The number of thiophene rings is 1. The van der Waals surface area contributed by atoms with Crippen molar-refractivity contribution < 1.29 is 14.3 Å². The average Bonchev–Trinajstić information content (AvgIpc) is 3.33. The van der Waals surface area contributed by atoms with Gasteiger partial charge in [-0.05, 0) is 61.9 Å². The molecule has 1 aliphatic rings. The number of nitrogens with zero attached hydrogens (tertiary/aromatic N) is 2. The second-order valence-electron chi connectivity index (χ2n) is 7.18. The third-order valence-electron chi connectivity index (χ3n) is 4.96. The van der Waals surface area contributed by atoms with Gasteiger partial charge in [-0.15, -0.1) is 11.3 Å². The lowest BCUT2D eigenvalue weighted by atomic mass is 9.95. The Kier molecular flexibility index (Phi) is 5.78. The molecule has 0 saturated heterocycles. The lowest BCUT2D eigenvalue weighted by molar-refractivity contribution is 0.100. The van der Waals surface area contributed by atoms with Crippen molar-refractivity contribution in [1.29, 1.82) is 0 Å². The number of hydrogen-bond donors (Lipinski definition) is 2. The standard InChI is InChI=1S/C21H21ClN4O3S/c1-12-6-7-14(22)16(10-12)29-11-26-9-8-15(25-26)20(28)24-21-18(19(23)27)13-4-2-3-5-17(13)30-21/h6-10H,2-5,11H2,1H3,(H2,23,27)(H,24,28). The van der Waals surface area contributed by atoms with Gasteiger partial charge in [-0.3, -0.25) is 9.59 Å². The Hall–Kier alpha value is -2.84. The molecule has 0 radical (unpaired) electrons. The fourth-order valence-corrected chi connectivity index (χ4v) is 4.96. The zero-order valence-electron chi connectivity index (χ0n) is 16.4. The minimum Gasteiger partial charge on any atom is -0.470 e. The van der Waals surface area contributed by atoms with Crippen molar-refractivity contribution >= 4 is 39.8 Å². The number of aryl methyl sites for hydroxylation is 2. The zero-order chi connectivity index (χ0) is 21.3. The summed E-state index contributed by atoms with van der Waals surface area (Å²) in [7, 11) is 0. The van der Waals surface area contributed by atoms with Gasteiger partial charge in [0.05, 0.1) is 10.6 Å². The number of fused-ring (bicyclic) bond motifs is 1. The Bertz CT molecular complexity index is 1120. The average molecular weight is 445 g/mol. The Morgan fingerprint density at radius 3 is 2.90 bits per heavy atom. The van der Waals surface area contributed by atoms with Crippen molar-refractivity contribution in [2.24, 2.45) is 5.73 Å². The van der Waals surface area contributed by atoms with Crippen molar-refractivity contribution in [2.75, 3.05) is 5.32 Å². The SMILES string of the molecule is Cc1ccc(Cl)c(OCn2ccc(C(=O)Nc3sc4c(c3C(N)=O)CCCC4)n2)c1. The van der Waals surface area contributed by atoms with E-state index in [2.05, 4.69) is 10.4 Å². The van der Waals surface area contributed by atoms with Gasteiger partial charge in [-0.1, -0.05) is 17.7 Å². The number of nitrogens with one attached hydrogen (secondary N) is 1. The second-order valence-corrected chi connectivity index (χ2v) is 8.69. The zero-order valence-corrected chi connectivity index (χ0v) is 18.0. The minimum absolute atomic E-state index is 0.107. The van der Waals surface area contributed by atoms with Crippen LogP contribution in [0.5, 0.6) is 5.75 Å². The number of amides is 2. The van der Waals surface area contributed by atoms with Crippen LogP contribution in [-0.4, -0.2) is 21.6 Å². The Morgan fingerprint density at radius 2 is 2.10 bits per heavy atom. The molecule has 30 heavy (non-hydrogen) atoms. The Labute approximate surface area is 182 Å². The molecule has 9 heteroatoms. The van der Waals surface area contributed by atoms with Crippen LogP contribution in [-0.2, 0) is 19.6 Å². The first-order chi connectivity index (χ1) is 14.4. The van der Waals surface area contributed by atoms with Gasteiger partial charge in [-0.2, -0.15) is 5.10 Å². The van der Waals surface area contributed by atoms with Crippen molar-refractivity contribution in [2.45, 2.75) is 39.3 Å². The summed E-state index contributed by atoms with van der Waals surface area (Å²) in [5.41, 5.74) is 8.24. The summed E-state index contributed by atoms with van der Waals surface area (Å²) in [6, 6.07) is 7.09. The second kappa shape index (κ2) is 8.49.